The van der Waals surface area contributed by atoms with Gasteiger partial charge in [-0.3, -0.25) is 4.79 Å². The monoisotopic (exact) mass is 318 g/mol. The Labute approximate surface area is 135 Å². The molecule has 0 unspecified atom stereocenters. The molecule has 23 heavy (non-hydrogen) atoms. The van der Waals surface area contributed by atoms with Gasteiger partial charge in [0.2, 0.25) is 11.8 Å². The number of aromatic nitrogens is 2. The van der Waals surface area contributed by atoms with Gasteiger partial charge in [-0.1, -0.05) is 0 Å². The van der Waals surface area contributed by atoms with E-state index in [1.807, 2.05) is 6.92 Å². The fourth-order valence-electron chi connectivity index (χ4n) is 2.74. The molecule has 1 aliphatic rings. The summed E-state index contributed by atoms with van der Waals surface area (Å²) in [6.45, 7) is 3.90. The summed E-state index contributed by atoms with van der Waals surface area (Å²) in [7, 11) is 2.10. The van der Waals surface area contributed by atoms with Crippen LogP contribution < -0.4 is 5.32 Å². The maximum atomic E-state index is 12.0. The largest absolute Gasteiger partial charge is 0.469 e. The molecule has 0 radical (unpaired) electrons. The van der Waals surface area contributed by atoms with Crippen LogP contribution in [-0.2, 0) is 11.2 Å². The van der Waals surface area contributed by atoms with Crippen LogP contribution in [0.5, 0.6) is 0 Å². The number of nitrogens with zero attached hydrogens (tertiary/aromatic N) is 3. The number of carbonyl (C=O) groups is 1. The summed E-state index contributed by atoms with van der Waals surface area (Å²) >= 11 is 0. The third-order valence-corrected chi connectivity index (χ3v) is 4.21. The minimum atomic E-state index is 0.0406. The Morgan fingerprint density at radius 2 is 2.17 bits per heavy atom. The van der Waals surface area contributed by atoms with E-state index < -0.39 is 0 Å². The first kappa shape index (κ1) is 15.7. The van der Waals surface area contributed by atoms with Crippen molar-refractivity contribution in [1.29, 1.82) is 0 Å². The number of piperidine rings is 1. The first-order valence-corrected chi connectivity index (χ1v) is 7.96. The topological polar surface area (TPSA) is 84.4 Å². The van der Waals surface area contributed by atoms with Crippen LogP contribution in [0.4, 0.5) is 0 Å². The molecule has 7 nitrogen and oxygen atoms in total. The zero-order chi connectivity index (χ0) is 16.2. The van der Waals surface area contributed by atoms with Crippen LogP contribution in [0.3, 0.4) is 0 Å². The van der Waals surface area contributed by atoms with Crippen LogP contribution in [0, 0.1) is 6.92 Å². The van der Waals surface area contributed by atoms with Crippen LogP contribution >= 0.6 is 0 Å². The second-order valence-electron chi connectivity index (χ2n) is 6.04. The quantitative estimate of drug-likeness (QED) is 0.904. The fourth-order valence-corrected chi connectivity index (χ4v) is 2.74. The smallest absolute Gasteiger partial charge is 0.251 e. The van der Waals surface area contributed by atoms with Crippen molar-refractivity contribution in [3.05, 3.63) is 24.0 Å². The Kier molecular flexibility index (Phi) is 4.76. The number of carbonyl (C=O) groups excluding carboxylic acids is 1. The van der Waals surface area contributed by atoms with Gasteiger partial charge in [-0.25, -0.2) is 0 Å². The summed E-state index contributed by atoms with van der Waals surface area (Å²) < 4.78 is 10.8. The molecule has 2 aromatic rings. The van der Waals surface area contributed by atoms with Crippen molar-refractivity contribution in [2.24, 2.45) is 0 Å². The van der Waals surface area contributed by atoms with Gasteiger partial charge in [0.25, 0.3) is 5.89 Å². The Morgan fingerprint density at radius 3 is 2.87 bits per heavy atom. The second kappa shape index (κ2) is 6.95. The maximum Gasteiger partial charge on any atom is 0.251 e. The number of likely N-dealkylation sites (tertiary alicyclic amines) is 1. The highest BCUT2D eigenvalue weighted by atomic mass is 16.4. The van der Waals surface area contributed by atoms with E-state index in [0.29, 0.717) is 24.6 Å². The number of aryl methyl sites for hydroxylation is 2. The summed E-state index contributed by atoms with van der Waals surface area (Å²) in [5.74, 6) is 1.68. The van der Waals surface area contributed by atoms with E-state index in [2.05, 4.69) is 27.5 Å². The first-order valence-electron chi connectivity index (χ1n) is 7.96. The summed E-state index contributed by atoms with van der Waals surface area (Å²) in [4.78, 5) is 14.3. The number of furan rings is 1. The summed E-state index contributed by atoms with van der Waals surface area (Å²) in [5, 5.41) is 11.1. The van der Waals surface area contributed by atoms with Crippen molar-refractivity contribution in [2.75, 3.05) is 20.1 Å². The predicted molar refractivity (Wildman–Crippen MR) is 83.7 cm³/mol. The molecule has 0 bridgehead atoms. The van der Waals surface area contributed by atoms with Gasteiger partial charge < -0.3 is 19.1 Å². The molecule has 1 fully saturated rings. The van der Waals surface area contributed by atoms with Gasteiger partial charge in [0.05, 0.1) is 11.8 Å². The van der Waals surface area contributed by atoms with E-state index >= 15 is 0 Å². The zero-order valence-corrected chi connectivity index (χ0v) is 13.5. The molecule has 0 aromatic carbocycles. The van der Waals surface area contributed by atoms with Crippen molar-refractivity contribution in [3.8, 4) is 11.5 Å². The molecule has 0 atom stereocenters. The number of amides is 1. The maximum absolute atomic E-state index is 12.0. The van der Waals surface area contributed by atoms with Crippen molar-refractivity contribution in [1.82, 2.24) is 20.4 Å². The Balaban J connectivity index is 1.48. The SMILES string of the molecule is Cc1occc1-c1nnc(CCC(=O)NC2CCN(C)CC2)o1. The average Bonchev–Trinajstić information content (AvgIpc) is 3.16. The number of hydrogen-bond donors (Lipinski definition) is 1. The minimum absolute atomic E-state index is 0.0406. The third kappa shape index (κ3) is 3.98. The molecule has 1 saturated heterocycles. The van der Waals surface area contributed by atoms with E-state index in [1.54, 1.807) is 12.3 Å². The highest BCUT2D eigenvalue weighted by Gasteiger charge is 2.19. The summed E-state index contributed by atoms with van der Waals surface area (Å²) in [6, 6.07) is 2.07. The normalized spacial score (nSPS) is 16.6. The molecule has 0 saturated carbocycles. The molecule has 7 heteroatoms. The Hall–Kier alpha value is -2.15. The molecule has 3 rings (SSSR count). The standard InChI is InChI=1S/C16H22N4O3/c1-11-13(7-10-22-11)16-19-18-15(23-16)4-3-14(21)17-12-5-8-20(2)9-6-12/h7,10,12H,3-6,8-9H2,1-2H3,(H,17,21). The zero-order valence-electron chi connectivity index (χ0n) is 13.5. The number of nitrogens with one attached hydrogen (secondary N) is 1. The van der Waals surface area contributed by atoms with E-state index in [0.717, 1.165) is 37.3 Å². The highest BCUT2D eigenvalue weighted by Crippen LogP contribution is 2.23. The van der Waals surface area contributed by atoms with Crippen molar-refractivity contribution < 1.29 is 13.6 Å². The molecular weight excluding hydrogens is 296 g/mol. The van der Waals surface area contributed by atoms with Gasteiger partial charge in [-0.2, -0.15) is 0 Å². The summed E-state index contributed by atoms with van der Waals surface area (Å²) in [5.41, 5.74) is 0.791. The molecule has 0 aliphatic carbocycles. The van der Waals surface area contributed by atoms with Gasteiger partial charge in [-0.05, 0) is 46.0 Å². The van der Waals surface area contributed by atoms with Crippen LogP contribution in [0.2, 0.25) is 0 Å². The van der Waals surface area contributed by atoms with E-state index in [9.17, 15) is 4.79 Å². The Bertz CT molecular complexity index is 656. The molecule has 2 aromatic heterocycles. The van der Waals surface area contributed by atoms with Crippen LogP contribution in [0.25, 0.3) is 11.5 Å². The summed E-state index contributed by atoms with van der Waals surface area (Å²) in [6.07, 6.45) is 4.41. The van der Waals surface area contributed by atoms with Crippen molar-refractivity contribution in [3.63, 3.8) is 0 Å². The lowest BCUT2D eigenvalue weighted by Gasteiger charge is -2.29. The number of hydrogen-bond acceptors (Lipinski definition) is 6. The molecular formula is C16H22N4O3. The van der Waals surface area contributed by atoms with E-state index in [4.69, 9.17) is 8.83 Å². The van der Waals surface area contributed by atoms with Gasteiger partial charge in [0.1, 0.15) is 5.76 Å². The lowest BCUT2D eigenvalue weighted by atomic mass is 10.1. The molecule has 1 N–H and O–H groups in total. The van der Waals surface area contributed by atoms with Gasteiger partial charge in [0, 0.05) is 18.9 Å². The second-order valence-corrected chi connectivity index (χ2v) is 6.04. The van der Waals surface area contributed by atoms with Crippen LogP contribution in [-0.4, -0.2) is 47.2 Å². The van der Waals surface area contributed by atoms with Gasteiger partial charge in [0.15, 0.2) is 0 Å². The first-order chi connectivity index (χ1) is 11.1. The number of rotatable bonds is 5. The average molecular weight is 318 g/mol. The fraction of sp³-hybridized carbons (Fsp3) is 0.562. The van der Waals surface area contributed by atoms with Crippen molar-refractivity contribution >= 4 is 5.91 Å². The van der Waals surface area contributed by atoms with Crippen LogP contribution in [0.1, 0.15) is 30.9 Å². The predicted octanol–water partition coefficient (Wildman–Crippen LogP) is 1.78. The lowest BCUT2D eigenvalue weighted by molar-refractivity contribution is -0.122. The van der Waals surface area contributed by atoms with E-state index in [-0.39, 0.29) is 11.9 Å². The van der Waals surface area contributed by atoms with Crippen molar-refractivity contribution in [2.45, 2.75) is 38.6 Å². The molecule has 1 aliphatic heterocycles. The molecule has 3 heterocycles. The van der Waals surface area contributed by atoms with E-state index in [1.165, 1.54) is 0 Å². The van der Waals surface area contributed by atoms with Gasteiger partial charge >= 0.3 is 0 Å². The Morgan fingerprint density at radius 1 is 1.39 bits per heavy atom. The third-order valence-electron chi connectivity index (χ3n) is 4.21. The highest BCUT2D eigenvalue weighted by molar-refractivity contribution is 5.76. The molecule has 0 spiro atoms. The van der Waals surface area contributed by atoms with Gasteiger partial charge in [-0.15, -0.1) is 10.2 Å². The minimum Gasteiger partial charge on any atom is -0.469 e. The molecule has 1 amide bonds. The lowest BCUT2D eigenvalue weighted by Crippen LogP contribution is -2.43. The van der Waals surface area contributed by atoms with Crippen LogP contribution in [0.15, 0.2) is 21.2 Å². The molecule has 124 valence electrons.